The number of halogens is 1. The first-order valence-electron chi connectivity index (χ1n) is 10.4. The first-order chi connectivity index (χ1) is 16.1. The fourth-order valence-electron chi connectivity index (χ4n) is 2.65. The summed E-state index contributed by atoms with van der Waals surface area (Å²) < 4.78 is 23.4. The molecule has 1 heterocycles. The number of aliphatic hydroxyl groups excluding tert-OH is 1. The minimum Gasteiger partial charge on any atom is -0.465 e. The molecular formula is C21H29BrN3O8P. The van der Waals surface area contributed by atoms with E-state index < -0.39 is 48.4 Å². The van der Waals surface area contributed by atoms with Gasteiger partial charge in [0.05, 0.1) is 13.2 Å². The topological polar surface area (TPSA) is 141 Å². The van der Waals surface area contributed by atoms with Crippen LogP contribution in [-0.2, 0) is 18.8 Å². The Morgan fingerprint density at radius 3 is 2.53 bits per heavy atom. The molecule has 0 amide bonds. The van der Waals surface area contributed by atoms with Crippen LogP contribution < -0.4 is 20.9 Å². The lowest BCUT2D eigenvalue weighted by molar-refractivity contribution is -0.149. The molecule has 188 valence electrons. The zero-order valence-electron chi connectivity index (χ0n) is 19.3. The van der Waals surface area contributed by atoms with Gasteiger partial charge in [0.25, 0.3) is 5.56 Å². The van der Waals surface area contributed by atoms with Crippen molar-refractivity contribution >= 4 is 30.4 Å². The van der Waals surface area contributed by atoms with Gasteiger partial charge in [0.2, 0.25) is 0 Å². The lowest BCUT2D eigenvalue weighted by Crippen LogP contribution is -2.46. The van der Waals surface area contributed by atoms with Gasteiger partial charge in [-0.25, -0.2) is 9.88 Å². The Kier molecular flexibility index (Phi) is 10.9. The number of rotatable bonds is 13. The normalized spacial score (nSPS) is 15.2. The molecule has 34 heavy (non-hydrogen) atoms. The van der Waals surface area contributed by atoms with Crippen molar-refractivity contribution in [2.24, 2.45) is 0 Å². The van der Waals surface area contributed by atoms with E-state index in [1.165, 1.54) is 13.3 Å². The van der Waals surface area contributed by atoms with Gasteiger partial charge < -0.3 is 23.6 Å². The number of hydrogen-bond donors (Lipinski definition) is 3. The second-order valence-corrected chi connectivity index (χ2v) is 9.69. The number of esters is 1. The van der Waals surface area contributed by atoms with Gasteiger partial charge in [-0.05, 0) is 32.9 Å². The van der Waals surface area contributed by atoms with Crippen LogP contribution in [0.4, 0.5) is 0 Å². The van der Waals surface area contributed by atoms with Crippen molar-refractivity contribution in [3.05, 3.63) is 63.4 Å². The summed E-state index contributed by atoms with van der Waals surface area (Å²) in [4.78, 5) is 36.9. The summed E-state index contributed by atoms with van der Waals surface area (Å²) in [6.07, 6.45) is -0.896. The van der Waals surface area contributed by atoms with Crippen LogP contribution in [0.3, 0.4) is 0 Å². The molecule has 0 aliphatic heterocycles. The lowest BCUT2D eigenvalue weighted by Gasteiger charge is -2.31. The van der Waals surface area contributed by atoms with E-state index in [9.17, 15) is 19.5 Å². The molecule has 13 heteroatoms. The highest BCUT2D eigenvalue weighted by atomic mass is 79.9. The molecule has 2 rings (SSSR count). The molecule has 2 aromatic rings. The molecule has 0 radical (unpaired) electrons. The first-order valence-corrected chi connectivity index (χ1v) is 12.5. The summed E-state index contributed by atoms with van der Waals surface area (Å²) in [5, 5.41) is 13.8. The third-order valence-electron chi connectivity index (χ3n) is 4.53. The van der Waals surface area contributed by atoms with E-state index in [0.717, 1.165) is 10.6 Å². The molecule has 3 N–H and O–H groups in total. The summed E-state index contributed by atoms with van der Waals surface area (Å²) in [7, 11) is -0.511. The minimum absolute atomic E-state index is 0.150. The molecule has 1 aromatic heterocycles. The quantitative estimate of drug-likeness (QED) is 0.190. The number of carbonyl (C=O) groups is 1. The van der Waals surface area contributed by atoms with E-state index in [0.29, 0.717) is 5.75 Å². The highest BCUT2D eigenvalue weighted by Gasteiger charge is 2.35. The molecule has 0 fully saturated rings. The number of carbonyl (C=O) groups excluding carboxylic acids is 1. The number of aromatic nitrogens is 2. The third kappa shape index (κ3) is 8.00. The molecule has 0 saturated carbocycles. The largest absolute Gasteiger partial charge is 0.465 e. The van der Waals surface area contributed by atoms with Crippen LogP contribution in [0.1, 0.15) is 25.7 Å². The number of para-hydroxylation sites is 1. The Morgan fingerprint density at radius 2 is 1.94 bits per heavy atom. The number of nitrogens with zero attached hydrogens (tertiary/aromatic N) is 1. The molecule has 0 saturated heterocycles. The average molecular weight is 562 g/mol. The second kappa shape index (κ2) is 13.1. The summed E-state index contributed by atoms with van der Waals surface area (Å²) in [6.45, 7) is 5.05. The van der Waals surface area contributed by atoms with Crippen LogP contribution in [0.5, 0.6) is 5.75 Å². The number of hydrogen-bond acceptors (Lipinski definition) is 9. The zero-order chi connectivity index (χ0) is 25.3. The van der Waals surface area contributed by atoms with E-state index in [2.05, 4.69) is 26.0 Å². The minimum atomic E-state index is -1.89. The van der Waals surface area contributed by atoms with Gasteiger partial charge in [-0.2, -0.15) is 0 Å². The van der Waals surface area contributed by atoms with Crippen molar-refractivity contribution in [3.8, 4) is 5.75 Å². The van der Waals surface area contributed by atoms with Gasteiger partial charge in [0.1, 0.15) is 28.4 Å². The Hall–Kier alpha value is -2.08. The van der Waals surface area contributed by atoms with Crippen molar-refractivity contribution in [2.75, 3.05) is 20.3 Å². The summed E-state index contributed by atoms with van der Waals surface area (Å²) in [5.74, 6) is 0.0255. The van der Waals surface area contributed by atoms with Crippen LogP contribution in [0.2, 0.25) is 0 Å². The Morgan fingerprint density at radius 1 is 1.26 bits per heavy atom. The number of methoxy groups -OCH3 is 1. The Balaban J connectivity index is 2.15. The SMILES string of the molecule is CCOC(=O)C(C)(C)NP(OCC(OC)[C@@H](O)C(Br)n1ccc(=O)[nH]c1=O)Oc1ccccc1. The number of benzene rings is 1. The van der Waals surface area contributed by atoms with E-state index in [-0.39, 0.29) is 13.2 Å². The maximum Gasteiger partial charge on any atom is 0.329 e. The summed E-state index contributed by atoms with van der Waals surface area (Å²) in [5.41, 5.74) is -2.38. The maximum absolute atomic E-state index is 12.3. The van der Waals surface area contributed by atoms with Crippen LogP contribution in [-0.4, -0.2) is 58.7 Å². The second-order valence-electron chi connectivity index (χ2n) is 7.57. The molecule has 0 spiro atoms. The Labute approximate surface area is 206 Å². The fraction of sp³-hybridized carbons (Fsp3) is 0.476. The van der Waals surface area contributed by atoms with E-state index in [1.807, 2.05) is 6.07 Å². The van der Waals surface area contributed by atoms with Gasteiger partial charge in [0.15, 0.2) is 0 Å². The fourth-order valence-corrected chi connectivity index (χ4v) is 4.62. The van der Waals surface area contributed by atoms with Gasteiger partial charge in [0, 0.05) is 19.4 Å². The number of aliphatic hydroxyl groups is 1. The number of ether oxygens (including phenoxy) is 2. The standard InChI is InChI=1S/C21H29BrN3O8P/c1-5-31-19(28)21(2,3)24-34(33-14-9-7-6-8-10-14)32-13-15(30-4)17(27)18(22)25-12-11-16(26)23-20(25)29/h6-12,15,17-18,24,27H,5,13H2,1-4H3,(H,23,26,29)/t15?,17-,18?,34?/m1/s1. The zero-order valence-corrected chi connectivity index (χ0v) is 21.7. The maximum atomic E-state index is 12.3. The summed E-state index contributed by atoms with van der Waals surface area (Å²) >= 11 is 3.27. The molecule has 3 unspecified atom stereocenters. The molecule has 0 aliphatic carbocycles. The highest BCUT2D eigenvalue weighted by molar-refractivity contribution is 9.09. The van der Waals surface area contributed by atoms with Crippen LogP contribution in [0.25, 0.3) is 0 Å². The highest BCUT2D eigenvalue weighted by Crippen LogP contribution is 2.38. The van der Waals surface area contributed by atoms with Gasteiger partial charge in [-0.15, -0.1) is 0 Å². The molecule has 4 atom stereocenters. The predicted molar refractivity (Wildman–Crippen MR) is 130 cm³/mol. The lowest BCUT2D eigenvalue weighted by atomic mass is 10.1. The van der Waals surface area contributed by atoms with Crippen molar-refractivity contribution in [1.29, 1.82) is 0 Å². The third-order valence-corrected chi connectivity index (χ3v) is 7.01. The van der Waals surface area contributed by atoms with Crippen LogP contribution >= 0.6 is 24.5 Å². The van der Waals surface area contributed by atoms with Crippen molar-refractivity contribution in [1.82, 2.24) is 14.6 Å². The number of alkyl halides is 1. The monoisotopic (exact) mass is 561 g/mol. The number of H-pyrrole nitrogens is 1. The van der Waals surface area contributed by atoms with Crippen LogP contribution in [0.15, 0.2) is 52.2 Å². The molecule has 0 aliphatic rings. The van der Waals surface area contributed by atoms with E-state index in [4.69, 9.17) is 18.5 Å². The number of nitrogens with one attached hydrogen (secondary N) is 2. The van der Waals surface area contributed by atoms with Crippen molar-refractivity contribution in [2.45, 2.75) is 43.5 Å². The molecule has 1 aromatic carbocycles. The van der Waals surface area contributed by atoms with Crippen molar-refractivity contribution < 1.29 is 28.4 Å². The van der Waals surface area contributed by atoms with E-state index >= 15 is 0 Å². The van der Waals surface area contributed by atoms with Gasteiger partial charge in [-0.3, -0.25) is 19.1 Å². The van der Waals surface area contributed by atoms with E-state index in [1.54, 1.807) is 45.0 Å². The van der Waals surface area contributed by atoms with Crippen molar-refractivity contribution in [3.63, 3.8) is 0 Å². The first kappa shape index (κ1) is 28.2. The number of aromatic amines is 1. The van der Waals surface area contributed by atoms with Gasteiger partial charge in [-0.1, -0.05) is 34.1 Å². The molecular weight excluding hydrogens is 533 g/mol. The molecule has 11 nitrogen and oxygen atoms in total. The van der Waals surface area contributed by atoms with Crippen LogP contribution in [0, 0.1) is 0 Å². The van der Waals surface area contributed by atoms with Gasteiger partial charge >= 0.3 is 20.2 Å². The predicted octanol–water partition coefficient (Wildman–Crippen LogP) is 2.06. The molecule has 0 bridgehead atoms. The average Bonchev–Trinajstić information content (AvgIpc) is 2.79. The Bertz CT molecular complexity index is 1030. The summed E-state index contributed by atoms with van der Waals surface area (Å²) in [6, 6.07) is 10.0. The smallest absolute Gasteiger partial charge is 0.329 e.